The van der Waals surface area contributed by atoms with Gasteiger partial charge in [-0.25, -0.2) is 4.98 Å². The van der Waals surface area contributed by atoms with Crippen molar-refractivity contribution in [3.8, 4) is 0 Å². The minimum absolute atomic E-state index is 0.0176. The van der Waals surface area contributed by atoms with E-state index in [2.05, 4.69) is 32.3 Å². The second kappa shape index (κ2) is 8.30. The molecule has 2 aromatic rings. The summed E-state index contributed by atoms with van der Waals surface area (Å²) in [7, 11) is 0. The summed E-state index contributed by atoms with van der Waals surface area (Å²) in [5.41, 5.74) is 0.792. The number of hydrogen-bond donors (Lipinski definition) is 0. The van der Waals surface area contributed by atoms with Crippen LogP contribution in [0.3, 0.4) is 0 Å². The van der Waals surface area contributed by atoms with Gasteiger partial charge in [0.25, 0.3) is 0 Å². The first-order valence-electron chi connectivity index (χ1n) is 7.12. The van der Waals surface area contributed by atoms with Gasteiger partial charge in [0, 0.05) is 17.1 Å². The van der Waals surface area contributed by atoms with Crippen LogP contribution >= 0.6 is 22.9 Å². The minimum Gasteiger partial charge on any atom is -0.294 e. The second-order valence-corrected chi connectivity index (χ2v) is 6.67. The van der Waals surface area contributed by atoms with Gasteiger partial charge >= 0.3 is 0 Å². The highest BCUT2D eigenvalue weighted by Gasteiger charge is 2.15. The third-order valence-corrected chi connectivity index (χ3v) is 4.50. The van der Waals surface area contributed by atoms with E-state index in [9.17, 15) is 4.79 Å². The number of aromatic nitrogens is 1. The molecular formula is C17H22ClNOS. The van der Waals surface area contributed by atoms with Crippen LogP contribution in [0, 0.1) is 5.92 Å². The van der Waals surface area contributed by atoms with Gasteiger partial charge in [-0.2, -0.15) is 0 Å². The van der Waals surface area contributed by atoms with Crippen LogP contribution in [0.5, 0.6) is 0 Å². The summed E-state index contributed by atoms with van der Waals surface area (Å²) in [6, 6.07) is 1.72. The third-order valence-electron chi connectivity index (χ3n) is 2.97. The minimum atomic E-state index is 0.0176. The lowest BCUT2D eigenvalue weighted by atomic mass is 10.1. The molecular weight excluding hydrogens is 302 g/mol. The van der Waals surface area contributed by atoms with Gasteiger partial charge in [0.2, 0.25) is 0 Å². The number of carbonyl (C=O) groups excluding carboxylic acids is 1. The van der Waals surface area contributed by atoms with E-state index >= 15 is 0 Å². The molecule has 0 fully saturated rings. The number of halogens is 1. The van der Waals surface area contributed by atoms with Crippen LogP contribution in [0.2, 0.25) is 5.02 Å². The molecule has 0 aromatic carbocycles. The number of fused-ring (bicyclic) bond motifs is 1. The SMILES string of the molecule is C=Cc1c(C(C)=O)sc2nccc(Cl)c12.CCCC(C)C. The predicted molar refractivity (Wildman–Crippen MR) is 94.5 cm³/mol. The van der Waals surface area contributed by atoms with E-state index in [4.69, 9.17) is 11.6 Å². The number of hydrogen-bond acceptors (Lipinski definition) is 3. The molecule has 0 unspecified atom stereocenters. The molecule has 0 spiro atoms. The highest BCUT2D eigenvalue weighted by molar-refractivity contribution is 7.20. The zero-order valence-electron chi connectivity index (χ0n) is 13.1. The zero-order chi connectivity index (χ0) is 16.0. The molecule has 0 saturated carbocycles. The van der Waals surface area contributed by atoms with Gasteiger partial charge in [-0.15, -0.1) is 11.3 Å². The number of ketones is 1. The summed E-state index contributed by atoms with van der Waals surface area (Å²) >= 11 is 7.42. The molecule has 0 aliphatic rings. The van der Waals surface area contributed by atoms with Crippen molar-refractivity contribution in [1.82, 2.24) is 4.98 Å². The molecule has 0 aliphatic carbocycles. The smallest absolute Gasteiger partial charge is 0.170 e. The van der Waals surface area contributed by atoms with E-state index in [1.807, 2.05) is 0 Å². The number of nitrogens with zero attached hydrogens (tertiary/aromatic N) is 1. The van der Waals surface area contributed by atoms with E-state index in [-0.39, 0.29) is 5.78 Å². The average Bonchev–Trinajstić information content (AvgIpc) is 2.79. The fourth-order valence-electron chi connectivity index (χ4n) is 2.04. The Hall–Kier alpha value is -1.19. The van der Waals surface area contributed by atoms with Crippen molar-refractivity contribution in [3.63, 3.8) is 0 Å². The van der Waals surface area contributed by atoms with Crippen molar-refractivity contribution in [2.45, 2.75) is 40.5 Å². The summed E-state index contributed by atoms with van der Waals surface area (Å²) in [6.07, 6.45) is 6.00. The monoisotopic (exact) mass is 323 g/mol. The molecule has 2 rings (SSSR count). The molecule has 114 valence electrons. The quantitative estimate of drug-likeness (QED) is 0.623. The lowest BCUT2D eigenvalue weighted by Crippen LogP contribution is -1.89. The van der Waals surface area contributed by atoms with Gasteiger partial charge in [-0.1, -0.05) is 57.9 Å². The molecule has 0 atom stereocenters. The fraction of sp³-hybridized carbons (Fsp3) is 0.412. The van der Waals surface area contributed by atoms with E-state index in [0.29, 0.717) is 9.90 Å². The van der Waals surface area contributed by atoms with Crippen LogP contribution in [0.15, 0.2) is 18.8 Å². The molecule has 4 heteroatoms. The van der Waals surface area contributed by atoms with Gasteiger partial charge in [0.1, 0.15) is 4.83 Å². The molecule has 0 radical (unpaired) electrons. The normalized spacial score (nSPS) is 10.4. The fourth-order valence-corrected chi connectivity index (χ4v) is 3.41. The van der Waals surface area contributed by atoms with Crippen molar-refractivity contribution in [2.75, 3.05) is 0 Å². The number of carbonyl (C=O) groups is 1. The maximum absolute atomic E-state index is 11.4. The second-order valence-electron chi connectivity index (χ2n) is 5.26. The lowest BCUT2D eigenvalue weighted by Gasteiger charge is -1.95. The van der Waals surface area contributed by atoms with E-state index < -0.39 is 0 Å². The molecule has 21 heavy (non-hydrogen) atoms. The Labute approximate surface area is 135 Å². The number of Topliss-reactive ketones (excluding diaryl/α,β-unsaturated/α-hetero) is 1. The van der Waals surface area contributed by atoms with Crippen molar-refractivity contribution >= 4 is 45.0 Å². The number of rotatable bonds is 4. The summed E-state index contributed by atoms with van der Waals surface area (Å²) in [5, 5.41) is 1.43. The Morgan fingerprint density at radius 1 is 1.52 bits per heavy atom. The molecule has 2 heterocycles. The summed E-state index contributed by atoms with van der Waals surface area (Å²) in [6.45, 7) is 12.0. The molecule has 2 aromatic heterocycles. The summed E-state index contributed by atoms with van der Waals surface area (Å²) in [5.74, 6) is 0.916. The van der Waals surface area contributed by atoms with Crippen LogP contribution in [0.25, 0.3) is 16.3 Å². The average molecular weight is 324 g/mol. The maximum Gasteiger partial charge on any atom is 0.170 e. The highest BCUT2D eigenvalue weighted by Crippen LogP contribution is 2.35. The Kier molecular flexibility index (Phi) is 7.06. The Balaban J connectivity index is 0.000000315. The number of thiophene rings is 1. The molecule has 0 saturated heterocycles. The first-order valence-corrected chi connectivity index (χ1v) is 8.32. The zero-order valence-corrected chi connectivity index (χ0v) is 14.6. The van der Waals surface area contributed by atoms with E-state index in [0.717, 1.165) is 21.7 Å². The highest BCUT2D eigenvalue weighted by atomic mass is 35.5. The molecule has 2 nitrogen and oxygen atoms in total. The molecule has 0 amide bonds. The van der Waals surface area contributed by atoms with Crippen molar-refractivity contribution in [3.05, 3.63) is 34.3 Å². The summed E-state index contributed by atoms with van der Waals surface area (Å²) < 4.78 is 0. The van der Waals surface area contributed by atoms with Gasteiger partial charge in [-0.3, -0.25) is 4.79 Å². The third kappa shape index (κ3) is 4.65. The Bertz CT molecular complexity index is 631. The molecule has 0 bridgehead atoms. The number of pyridine rings is 1. The van der Waals surface area contributed by atoms with E-state index in [1.54, 1.807) is 18.3 Å². The Morgan fingerprint density at radius 3 is 2.62 bits per heavy atom. The first-order chi connectivity index (χ1) is 9.92. The lowest BCUT2D eigenvalue weighted by molar-refractivity contribution is 0.102. The van der Waals surface area contributed by atoms with Crippen molar-refractivity contribution in [1.29, 1.82) is 0 Å². The van der Waals surface area contributed by atoms with Crippen molar-refractivity contribution in [2.24, 2.45) is 5.92 Å². The van der Waals surface area contributed by atoms with Crippen LogP contribution in [0.1, 0.15) is 55.8 Å². The first kappa shape index (κ1) is 17.9. The van der Waals surface area contributed by atoms with Crippen LogP contribution in [-0.2, 0) is 0 Å². The maximum atomic E-state index is 11.4. The van der Waals surface area contributed by atoms with E-state index in [1.165, 1.54) is 31.1 Å². The van der Waals surface area contributed by atoms with Crippen LogP contribution < -0.4 is 0 Å². The predicted octanol–water partition coefficient (Wildman–Crippen LogP) is 6.24. The molecule has 0 N–H and O–H groups in total. The Morgan fingerprint density at radius 2 is 2.19 bits per heavy atom. The summed E-state index contributed by atoms with van der Waals surface area (Å²) in [4.78, 5) is 17.0. The van der Waals surface area contributed by atoms with Crippen molar-refractivity contribution < 1.29 is 4.79 Å². The topological polar surface area (TPSA) is 30.0 Å². The van der Waals surface area contributed by atoms with Gasteiger partial charge < -0.3 is 0 Å². The molecule has 0 aliphatic heterocycles. The van der Waals surface area contributed by atoms with Gasteiger partial charge in [0.15, 0.2) is 5.78 Å². The van der Waals surface area contributed by atoms with Gasteiger partial charge in [0.05, 0.1) is 9.90 Å². The van der Waals surface area contributed by atoms with Crippen LogP contribution in [-0.4, -0.2) is 10.8 Å². The standard InChI is InChI=1S/C11H8ClNOS.C6H14/c1-3-7-9-8(12)4-5-13-11(9)15-10(7)6(2)14;1-4-5-6(2)3/h3-5H,1H2,2H3;6H,4-5H2,1-3H3. The largest absolute Gasteiger partial charge is 0.294 e. The van der Waals surface area contributed by atoms with Gasteiger partial charge in [-0.05, 0) is 18.9 Å². The van der Waals surface area contributed by atoms with Crippen LogP contribution in [0.4, 0.5) is 0 Å².